The van der Waals surface area contributed by atoms with Crippen LogP contribution in [-0.4, -0.2) is 12.6 Å². The maximum Gasteiger partial charge on any atom is 0.0222 e. The summed E-state index contributed by atoms with van der Waals surface area (Å²) in [6.45, 7) is 10.1. The fourth-order valence-electron chi connectivity index (χ4n) is 0.353. The molecule has 0 aromatic rings. The summed E-state index contributed by atoms with van der Waals surface area (Å²) >= 11 is 0. The van der Waals surface area contributed by atoms with Crippen LogP contribution in [0.5, 0.6) is 0 Å². The van der Waals surface area contributed by atoms with Crippen LogP contribution in [0.15, 0.2) is 25.3 Å². The van der Waals surface area contributed by atoms with Crippen LogP contribution in [0.2, 0.25) is 0 Å². The minimum Gasteiger partial charge on any atom is -0.307 e. The standard InChI is InChI=1S/C7H13N/c1-4-6-8-7(3)5-2/h4-5,7-8H,1-2,6H2,3H3/t7-/m1/s1. The van der Waals surface area contributed by atoms with Gasteiger partial charge in [0.2, 0.25) is 0 Å². The molecule has 0 rings (SSSR count). The van der Waals surface area contributed by atoms with Gasteiger partial charge >= 0.3 is 0 Å². The molecule has 0 aliphatic rings. The first-order valence-corrected chi connectivity index (χ1v) is 2.78. The minimum absolute atomic E-state index is 0.396. The second kappa shape index (κ2) is 4.60. The Bertz CT molecular complexity index is 76.5. The van der Waals surface area contributed by atoms with Gasteiger partial charge in [-0.15, -0.1) is 13.2 Å². The average Bonchev–Trinajstić information content (AvgIpc) is 1.83. The van der Waals surface area contributed by atoms with E-state index < -0.39 is 0 Å². The van der Waals surface area contributed by atoms with Crippen molar-refractivity contribution in [2.75, 3.05) is 6.54 Å². The summed E-state index contributed by atoms with van der Waals surface area (Å²) in [4.78, 5) is 0. The maximum atomic E-state index is 3.62. The van der Waals surface area contributed by atoms with Gasteiger partial charge < -0.3 is 5.32 Å². The van der Waals surface area contributed by atoms with Crippen molar-refractivity contribution in [2.24, 2.45) is 0 Å². The van der Waals surface area contributed by atoms with E-state index in [1.54, 1.807) is 0 Å². The fourth-order valence-corrected chi connectivity index (χ4v) is 0.353. The Morgan fingerprint density at radius 3 is 2.62 bits per heavy atom. The molecular formula is C7H13N. The molecule has 0 bridgehead atoms. The van der Waals surface area contributed by atoms with Gasteiger partial charge in [0.25, 0.3) is 0 Å². The Kier molecular flexibility index (Phi) is 4.27. The highest BCUT2D eigenvalue weighted by Crippen LogP contribution is 1.78. The molecule has 0 spiro atoms. The molecule has 1 nitrogen and oxygen atoms in total. The molecule has 0 fully saturated rings. The van der Waals surface area contributed by atoms with E-state index in [0.717, 1.165) is 6.54 Å². The second-order valence-electron chi connectivity index (χ2n) is 1.72. The van der Waals surface area contributed by atoms with Crippen LogP contribution in [-0.2, 0) is 0 Å². The highest BCUT2D eigenvalue weighted by molar-refractivity contribution is 4.83. The largest absolute Gasteiger partial charge is 0.307 e. The van der Waals surface area contributed by atoms with Gasteiger partial charge in [-0.2, -0.15) is 0 Å². The Labute approximate surface area is 51.1 Å². The Hall–Kier alpha value is -0.560. The summed E-state index contributed by atoms with van der Waals surface area (Å²) in [5.74, 6) is 0. The highest BCUT2D eigenvalue weighted by atomic mass is 14.9. The summed E-state index contributed by atoms with van der Waals surface area (Å²) < 4.78 is 0. The smallest absolute Gasteiger partial charge is 0.0222 e. The molecule has 0 aliphatic heterocycles. The monoisotopic (exact) mass is 111 g/mol. The van der Waals surface area contributed by atoms with Crippen LogP contribution in [0, 0.1) is 0 Å². The summed E-state index contributed by atoms with van der Waals surface area (Å²) in [5, 5.41) is 3.15. The van der Waals surface area contributed by atoms with Crippen molar-refractivity contribution in [2.45, 2.75) is 13.0 Å². The van der Waals surface area contributed by atoms with E-state index in [2.05, 4.69) is 25.4 Å². The summed E-state index contributed by atoms with van der Waals surface area (Å²) in [5.41, 5.74) is 0. The number of hydrogen-bond acceptors (Lipinski definition) is 1. The molecule has 1 atom stereocenters. The lowest BCUT2D eigenvalue weighted by molar-refractivity contribution is 0.687. The van der Waals surface area contributed by atoms with Crippen LogP contribution >= 0.6 is 0 Å². The third-order valence-electron chi connectivity index (χ3n) is 0.938. The molecule has 0 unspecified atom stereocenters. The van der Waals surface area contributed by atoms with Crippen molar-refractivity contribution in [3.63, 3.8) is 0 Å². The van der Waals surface area contributed by atoms with E-state index >= 15 is 0 Å². The lowest BCUT2D eigenvalue weighted by Gasteiger charge is -2.03. The Balaban J connectivity index is 3.09. The normalized spacial score (nSPS) is 12.6. The average molecular weight is 111 g/mol. The van der Waals surface area contributed by atoms with Crippen LogP contribution in [0.3, 0.4) is 0 Å². The van der Waals surface area contributed by atoms with Gasteiger partial charge in [-0.1, -0.05) is 12.2 Å². The van der Waals surface area contributed by atoms with Gasteiger partial charge in [-0.25, -0.2) is 0 Å². The first kappa shape index (κ1) is 7.44. The van der Waals surface area contributed by atoms with E-state index in [0.29, 0.717) is 6.04 Å². The first-order chi connectivity index (χ1) is 3.81. The van der Waals surface area contributed by atoms with Gasteiger partial charge in [0.05, 0.1) is 0 Å². The van der Waals surface area contributed by atoms with Gasteiger partial charge in [0.1, 0.15) is 0 Å². The Morgan fingerprint density at radius 1 is 1.62 bits per heavy atom. The van der Waals surface area contributed by atoms with E-state index in [1.807, 2.05) is 12.2 Å². The molecule has 0 heterocycles. The molecule has 1 heteroatoms. The van der Waals surface area contributed by atoms with E-state index in [1.165, 1.54) is 0 Å². The van der Waals surface area contributed by atoms with Gasteiger partial charge in [-0.3, -0.25) is 0 Å². The van der Waals surface area contributed by atoms with Gasteiger partial charge in [0, 0.05) is 12.6 Å². The van der Waals surface area contributed by atoms with Crippen molar-refractivity contribution in [1.82, 2.24) is 5.32 Å². The molecule has 0 amide bonds. The molecule has 0 aromatic heterocycles. The summed E-state index contributed by atoms with van der Waals surface area (Å²) in [6, 6.07) is 0.396. The molecular weight excluding hydrogens is 98.1 g/mol. The molecule has 0 saturated heterocycles. The fraction of sp³-hybridized carbons (Fsp3) is 0.429. The van der Waals surface area contributed by atoms with Crippen molar-refractivity contribution in [3.8, 4) is 0 Å². The molecule has 46 valence electrons. The highest BCUT2D eigenvalue weighted by Gasteiger charge is 1.87. The summed E-state index contributed by atoms with van der Waals surface area (Å²) in [6.07, 6.45) is 3.70. The predicted octanol–water partition coefficient (Wildman–Crippen LogP) is 1.34. The van der Waals surface area contributed by atoms with Gasteiger partial charge in [-0.05, 0) is 6.92 Å². The zero-order valence-corrected chi connectivity index (χ0v) is 5.35. The van der Waals surface area contributed by atoms with E-state index in [4.69, 9.17) is 0 Å². The molecule has 0 aliphatic carbocycles. The number of rotatable bonds is 4. The van der Waals surface area contributed by atoms with Crippen molar-refractivity contribution >= 4 is 0 Å². The van der Waals surface area contributed by atoms with Crippen molar-refractivity contribution < 1.29 is 0 Å². The van der Waals surface area contributed by atoms with Crippen LogP contribution in [0.25, 0.3) is 0 Å². The maximum absolute atomic E-state index is 3.62. The lowest BCUT2D eigenvalue weighted by Crippen LogP contribution is -2.23. The van der Waals surface area contributed by atoms with E-state index in [9.17, 15) is 0 Å². The zero-order valence-electron chi connectivity index (χ0n) is 5.35. The van der Waals surface area contributed by atoms with Crippen molar-refractivity contribution in [1.29, 1.82) is 0 Å². The zero-order chi connectivity index (χ0) is 6.41. The topological polar surface area (TPSA) is 12.0 Å². The molecule has 0 radical (unpaired) electrons. The van der Waals surface area contributed by atoms with Gasteiger partial charge in [0.15, 0.2) is 0 Å². The number of hydrogen-bond donors (Lipinski definition) is 1. The second-order valence-corrected chi connectivity index (χ2v) is 1.72. The molecule has 0 saturated carbocycles. The third-order valence-corrected chi connectivity index (χ3v) is 0.938. The first-order valence-electron chi connectivity index (χ1n) is 2.78. The summed E-state index contributed by atoms with van der Waals surface area (Å²) in [7, 11) is 0. The lowest BCUT2D eigenvalue weighted by atomic mass is 10.3. The van der Waals surface area contributed by atoms with Crippen LogP contribution < -0.4 is 5.32 Å². The van der Waals surface area contributed by atoms with Crippen LogP contribution in [0.4, 0.5) is 0 Å². The molecule has 0 aromatic carbocycles. The van der Waals surface area contributed by atoms with Crippen molar-refractivity contribution in [3.05, 3.63) is 25.3 Å². The molecule has 1 N–H and O–H groups in total. The molecule has 8 heavy (non-hydrogen) atoms. The predicted molar refractivity (Wildman–Crippen MR) is 37.9 cm³/mol. The number of nitrogens with one attached hydrogen (secondary N) is 1. The SMILES string of the molecule is C=CCN[C@H](C)C=C. The third kappa shape index (κ3) is 3.62. The van der Waals surface area contributed by atoms with Crippen LogP contribution in [0.1, 0.15) is 6.92 Å². The van der Waals surface area contributed by atoms with E-state index in [-0.39, 0.29) is 0 Å². The Morgan fingerprint density at radius 2 is 2.25 bits per heavy atom. The minimum atomic E-state index is 0.396. The quantitative estimate of drug-likeness (QED) is 0.540.